The smallest absolute Gasteiger partial charge is 0.214 e. The van der Waals surface area contributed by atoms with E-state index in [1.54, 1.807) is 12.5 Å². The quantitative estimate of drug-likeness (QED) is 0.183. The van der Waals surface area contributed by atoms with Crippen LogP contribution in [0.4, 0.5) is 0 Å². The van der Waals surface area contributed by atoms with Gasteiger partial charge in [-0.2, -0.15) is 0 Å². The Bertz CT molecular complexity index is 1640. The van der Waals surface area contributed by atoms with Gasteiger partial charge in [-0.3, -0.25) is 4.90 Å². The van der Waals surface area contributed by atoms with Crippen molar-refractivity contribution in [2.75, 3.05) is 19.8 Å². The molecule has 1 fully saturated rings. The lowest BCUT2D eigenvalue weighted by Crippen LogP contribution is -2.34. The molecule has 2 aliphatic rings. The molecule has 0 saturated carbocycles. The Balaban J connectivity index is 0.958. The number of nitrogens with zero attached hydrogens (tertiary/aromatic N) is 3. The fourth-order valence-corrected chi connectivity index (χ4v) is 6.12. The van der Waals surface area contributed by atoms with Crippen LogP contribution in [0, 0.1) is 0 Å². The van der Waals surface area contributed by atoms with E-state index in [0.717, 1.165) is 37.4 Å². The second-order valence-electron chi connectivity index (χ2n) is 11.3. The summed E-state index contributed by atoms with van der Waals surface area (Å²) in [5.74, 6) is -0.0635. The van der Waals surface area contributed by atoms with Crippen molar-refractivity contribution in [2.45, 2.75) is 37.9 Å². The molecule has 4 aromatic carbocycles. The average molecular weight is 592 g/mol. The number of halogens is 1. The van der Waals surface area contributed by atoms with E-state index in [-0.39, 0.29) is 6.10 Å². The number of ether oxygens (including phenoxy) is 3. The van der Waals surface area contributed by atoms with Crippen LogP contribution in [-0.4, -0.2) is 40.3 Å². The molecule has 218 valence electrons. The van der Waals surface area contributed by atoms with Crippen LogP contribution in [0.5, 0.6) is 5.75 Å². The van der Waals surface area contributed by atoms with E-state index in [1.165, 1.54) is 27.8 Å². The van der Waals surface area contributed by atoms with Gasteiger partial charge in [-0.1, -0.05) is 84.4 Å². The Morgan fingerprint density at radius 2 is 1.72 bits per heavy atom. The molecular formula is C36H34ClN3O3. The van der Waals surface area contributed by atoms with Crippen LogP contribution in [0.25, 0.3) is 11.1 Å². The van der Waals surface area contributed by atoms with Gasteiger partial charge >= 0.3 is 0 Å². The van der Waals surface area contributed by atoms with Crippen molar-refractivity contribution in [1.82, 2.24) is 14.5 Å². The number of hydrogen-bond donors (Lipinski definition) is 0. The maximum atomic E-state index is 6.54. The molecule has 5 aromatic rings. The van der Waals surface area contributed by atoms with Crippen molar-refractivity contribution >= 4 is 11.6 Å². The summed E-state index contributed by atoms with van der Waals surface area (Å²) in [6, 6.07) is 33.6. The van der Waals surface area contributed by atoms with Crippen molar-refractivity contribution < 1.29 is 14.2 Å². The van der Waals surface area contributed by atoms with E-state index in [2.05, 4.69) is 82.7 Å². The third-order valence-corrected chi connectivity index (χ3v) is 8.52. The van der Waals surface area contributed by atoms with Crippen molar-refractivity contribution in [1.29, 1.82) is 0 Å². The zero-order valence-corrected chi connectivity index (χ0v) is 24.7. The molecule has 0 aliphatic carbocycles. The molecule has 2 atom stereocenters. The predicted octanol–water partition coefficient (Wildman–Crippen LogP) is 7.11. The highest BCUT2D eigenvalue weighted by molar-refractivity contribution is 6.30. The maximum absolute atomic E-state index is 6.54. The number of aromatic nitrogens is 2. The summed E-state index contributed by atoms with van der Waals surface area (Å²) in [6.45, 7) is 4.23. The minimum absolute atomic E-state index is 0.209. The monoisotopic (exact) mass is 591 g/mol. The Labute approximate surface area is 257 Å². The molecule has 0 bridgehead atoms. The second kappa shape index (κ2) is 12.3. The van der Waals surface area contributed by atoms with Crippen LogP contribution in [0.1, 0.15) is 22.3 Å². The van der Waals surface area contributed by atoms with Gasteiger partial charge < -0.3 is 18.8 Å². The van der Waals surface area contributed by atoms with Crippen molar-refractivity contribution in [2.24, 2.45) is 0 Å². The lowest BCUT2D eigenvalue weighted by atomic mass is 9.98. The second-order valence-corrected chi connectivity index (χ2v) is 11.7. The standard InChI is InChI=1S/C36H34ClN3O3/c37-33-13-11-32(12-14-33)36(25-40-19-17-38-26-40)42-24-35(43-36)23-41-34-15-10-31-22-39(18-16-30(31)20-34)21-27-6-8-29(9-7-27)28-4-2-1-3-5-28/h1-15,17,19-20,26,35H,16,18,21-25H2. The van der Waals surface area contributed by atoms with Crippen LogP contribution in [0.3, 0.4) is 0 Å². The van der Waals surface area contributed by atoms with E-state index < -0.39 is 5.79 Å². The van der Waals surface area contributed by atoms with Gasteiger partial charge in [-0.25, -0.2) is 4.98 Å². The van der Waals surface area contributed by atoms with Gasteiger partial charge in [0.2, 0.25) is 5.79 Å². The predicted molar refractivity (Wildman–Crippen MR) is 168 cm³/mol. The number of hydrogen-bond acceptors (Lipinski definition) is 5. The van der Waals surface area contributed by atoms with Gasteiger partial charge in [0.25, 0.3) is 0 Å². The highest BCUT2D eigenvalue weighted by Gasteiger charge is 2.44. The van der Waals surface area contributed by atoms with Crippen LogP contribution in [0.2, 0.25) is 5.02 Å². The summed E-state index contributed by atoms with van der Waals surface area (Å²) in [7, 11) is 0. The van der Waals surface area contributed by atoms with Gasteiger partial charge in [-0.05, 0) is 58.5 Å². The Morgan fingerprint density at radius 1 is 0.907 bits per heavy atom. The third-order valence-electron chi connectivity index (χ3n) is 8.27. The normalized spacial score (nSPS) is 20.2. The van der Waals surface area contributed by atoms with E-state index in [0.29, 0.717) is 24.8 Å². The van der Waals surface area contributed by atoms with Crippen LogP contribution >= 0.6 is 11.6 Å². The first-order valence-corrected chi connectivity index (χ1v) is 15.1. The lowest BCUT2D eigenvalue weighted by molar-refractivity contribution is -0.189. The van der Waals surface area contributed by atoms with E-state index in [9.17, 15) is 0 Å². The largest absolute Gasteiger partial charge is 0.491 e. The molecule has 6 nitrogen and oxygen atoms in total. The van der Waals surface area contributed by atoms with Gasteiger partial charge in [0.05, 0.1) is 19.5 Å². The molecule has 1 saturated heterocycles. The molecule has 0 N–H and O–H groups in total. The molecule has 1 aromatic heterocycles. The minimum atomic E-state index is -0.930. The van der Waals surface area contributed by atoms with Crippen LogP contribution < -0.4 is 4.74 Å². The first-order valence-electron chi connectivity index (χ1n) is 14.8. The van der Waals surface area contributed by atoms with Gasteiger partial charge in [0.1, 0.15) is 18.5 Å². The van der Waals surface area contributed by atoms with Crippen LogP contribution in [-0.2, 0) is 41.3 Å². The Morgan fingerprint density at radius 3 is 2.51 bits per heavy atom. The van der Waals surface area contributed by atoms with E-state index >= 15 is 0 Å². The molecule has 0 spiro atoms. The number of fused-ring (bicyclic) bond motifs is 1. The van der Waals surface area contributed by atoms with E-state index in [1.807, 2.05) is 35.0 Å². The molecule has 0 radical (unpaired) electrons. The van der Waals surface area contributed by atoms with Gasteiger partial charge in [-0.15, -0.1) is 0 Å². The Kier molecular flexibility index (Phi) is 8.00. The summed E-state index contributed by atoms with van der Waals surface area (Å²) in [5.41, 5.74) is 7.48. The SMILES string of the molecule is Clc1ccc(C2(Cn3ccnc3)OCC(COc3ccc4c(c3)CCN(Cc3ccc(-c5ccccc5)cc3)C4)O2)cc1. The molecule has 7 rings (SSSR count). The summed E-state index contributed by atoms with van der Waals surface area (Å²) in [4.78, 5) is 6.69. The lowest BCUT2D eigenvalue weighted by Gasteiger charge is -2.29. The summed E-state index contributed by atoms with van der Waals surface area (Å²) in [6.07, 6.45) is 6.22. The minimum Gasteiger partial charge on any atom is -0.491 e. The van der Waals surface area contributed by atoms with Crippen molar-refractivity contribution in [3.05, 3.63) is 143 Å². The van der Waals surface area contributed by atoms with Crippen LogP contribution in [0.15, 0.2) is 116 Å². The first kappa shape index (κ1) is 27.9. The zero-order valence-electron chi connectivity index (χ0n) is 23.9. The molecule has 43 heavy (non-hydrogen) atoms. The third kappa shape index (κ3) is 6.38. The molecule has 3 heterocycles. The topological polar surface area (TPSA) is 48.8 Å². The summed E-state index contributed by atoms with van der Waals surface area (Å²) in [5, 5.41) is 0.674. The summed E-state index contributed by atoms with van der Waals surface area (Å²) >= 11 is 6.15. The van der Waals surface area contributed by atoms with Gasteiger partial charge in [0.15, 0.2) is 0 Å². The molecule has 0 amide bonds. The summed E-state index contributed by atoms with van der Waals surface area (Å²) < 4.78 is 21.1. The average Bonchev–Trinajstić information content (AvgIpc) is 3.72. The Hall–Kier alpha value is -3.94. The van der Waals surface area contributed by atoms with Crippen molar-refractivity contribution in [3.8, 4) is 16.9 Å². The molecule has 7 heteroatoms. The highest BCUT2D eigenvalue weighted by Crippen LogP contribution is 2.37. The molecular weight excluding hydrogens is 558 g/mol. The zero-order chi connectivity index (χ0) is 29.1. The fourth-order valence-electron chi connectivity index (χ4n) is 5.99. The first-order chi connectivity index (χ1) is 21.1. The molecule has 2 unspecified atom stereocenters. The number of rotatable bonds is 9. The van der Waals surface area contributed by atoms with Gasteiger partial charge in [0, 0.05) is 42.6 Å². The van der Waals surface area contributed by atoms with Crippen molar-refractivity contribution in [3.63, 3.8) is 0 Å². The fraction of sp³-hybridized carbons (Fsp3) is 0.250. The highest BCUT2D eigenvalue weighted by atomic mass is 35.5. The number of benzene rings is 4. The number of imidazole rings is 1. The molecule has 2 aliphatic heterocycles. The maximum Gasteiger partial charge on any atom is 0.214 e. The van der Waals surface area contributed by atoms with E-state index in [4.69, 9.17) is 25.8 Å².